The molecule has 0 heterocycles. The second kappa shape index (κ2) is 6.35. The maximum atomic E-state index is 11.5. The lowest BCUT2D eigenvalue weighted by Gasteiger charge is -2.09. The van der Waals surface area contributed by atoms with Crippen LogP contribution in [-0.4, -0.2) is 30.6 Å². The van der Waals surface area contributed by atoms with Crippen LogP contribution in [0.25, 0.3) is 0 Å². The van der Waals surface area contributed by atoms with Crippen molar-refractivity contribution < 1.29 is 23.0 Å². The van der Waals surface area contributed by atoms with Crippen LogP contribution in [0.4, 0.5) is 17.1 Å². The van der Waals surface area contributed by atoms with E-state index in [4.69, 9.17) is 4.74 Å². The SMILES string of the molecule is CCOc1cc([N+](=O)[O-])c(NS(=O)(=O)CC)c([N+](=O)[O-])c1. The van der Waals surface area contributed by atoms with Crippen molar-refractivity contribution in [2.75, 3.05) is 17.1 Å². The van der Waals surface area contributed by atoms with Crippen LogP contribution >= 0.6 is 0 Å². The molecule has 0 fully saturated rings. The van der Waals surface area contributed by atoms with Gasteiger partial charge in [-0.1, -0.05) is 0 Å². The molecule has 0 saturated carbocycles. The van der Waals surface area contributed by atoms with Gasteiger partial charge in [-0.25, -0.2) is 8.42 Å². The fourth-order valence-electron chi connectivity index (χ4n) is 1.46. The van der Waals surface area contributed by atoms with Crippen molar-refractivity contribution in [2.45, 2.75) is 13.8 Å². The highest BCUT2D eigenvalue weighted by Crippen LogP contribution is 2.39. The minimum absolute atomic E-state index is 0.0876. The van der Waals surface area contributed by atoms with Gasteiger partial charge in [0.1, 0.15) is 5.75 Å². The van der Waals surface area contributed by atoms with E-state index in [2.05, 4.69) is 0 Å². The summed E-state index contributed by atoms with van der Waals surface area (Å²) in [6.45, 7) is 3.05. The summed E-state index contributed by atoms with van der Waals surface area (Å²) >= 11 is 0. The van der Waals surface area contributed by atoms with E-state index in [9.17, 15) is 28.6 Å². The van der Waals surface area contributed by atoms with Crippen LogP contribution in [0.2, 0.25) is 0 Å². The highest BCUT2D eigenvalue weighted by molar-refractivity contribution is 7.92. The normalized spacial score (nSPS) is 11.0. The average molecular weight is 319 g/mol. The van der Waals surface area contributed by atoms with Gasteiger partial charge in [-0.2, -0.15) is 0 Å². The Hall–Kier alpha value is -2.43. The van der Waals surface area contributed by atoms with Gasteiger partial charge in [0.25, 0.3) is 0 Å². The molecular weight excluding hydrogens is 306 g/mol. The van der Waals surface area contributed by atoms with Crippen molar-refractivity contribution in [1.29, 1.82) is 0 Å². The third-order valence-electron chi connectivity index (χ3n) is 2.41. The number of sulfonamides is 1. The summed E-state index contributed by atoms with van der Waals surface area (Å²) in [5.41, 5.74) is -2.18. The number of anilines is 1. The van der Waals surface area contributed by atoms with Gasteiger partial charge in [0.05, 0.1) is 34.3 Å². The van der Waals surface area contributed by atoms with Crippen LogP contribution in [-0.2, 0) is 10.0 Å². The number of ether oxygens (including phenoxy) is 1. The van der Waals surface area contributed by atoms with Crippen molar-refractivity contribution in [3.63, 3.8) is 0 Å². The molecular formula is C10H13N3O7S. The number of nitrogens with zero attached hydrogens (tertiary/aromatic N) is 2. The molecule has 1 aromatic rings. The summed E-state index contributed by atoms with van der Waals surface area (Å²) in [6, 6.07) is 1.87. The van der Waals surface area contributed by atoms with E-state index in [0.29, 0.717) is 0 Å². The van der Waals surface area contributed by atoms with Crippen LogP contribution in [0.15, 0.2) is 12.1 Å². The van der Waals surface area contributed by atoms with E-state index in [0.717, 1.165) is 12.1 Å². The maximum Gasteiger partial charge on any atom is 0.304 e. The van der Waals surface area contributed by atoms with Gasteiger partial charge >= 0.3 is 11.4 Å². The molecule has 0 bridgehead atoms. The number of nitrogens with one attached hydrogen (secondary N) is 1. The van der Waals surface area contributed by atoms with Crippen LogP contribution in [0, 0.1) is 20.2 Å². The quantitative estimate of drug-likeness (QED) is 0.594. The Morgan fingerprint density at radius 1 is 1.14 bits per heavy atom. The van der Waals surface area contributed by atoms with Crippen molar-refractivity contribution in [1.82, 2.24) is 0 Å². The first-order chi connectivity index (χ1) is 9.71. The first kappa shape index (κ1) is 16.6. The smallest absolute Gasteiger partial charge is 0.304 e. The lowest BCUT2D eigenvalue weighted by atomic mass is 10.2. The molecule has 0 aliphatic heterocycles. The zero-order chi connectivity index (χ0) is 16.2. The van der Waals surface area contributed by atoms with Crippen molar-refractivity contribution in [2.24, 2.45) is 0 Å². The number of hydrogen-bond acceptors (Lipinski definition) is 7. The van der Waals surface area contributed by atoms with Crippen molar-refractivity contribution in [3.8, 4) is 5.75 Å². The van der Waals surface area contributed by atoms with Gasteiger partial charge in [0.15, 0.2) is 0 Å². The molecule has 21 heavy (non-hydrogen) atoms. The van der Waals surface area contributed by atoms with Crippen LogP contribution in [0.3, 0.4) is 0 Å². The Labute approximate surface area is 120 Å². The lowest BCUT2D eigenvalue weighted by Crippen LogP contribution is -2.17. The summed E-state index contributed by atoms with van der Waals surface area (Å²) in [5.74, 6) is -0.468. The second-order valence-corrected chi connectivity index (χ2v) is 5.80. The number of nitro groups is 2. The molecule has 0 amide bonds. The van der Waals surface area contributed by atoms with Gasteiger partial charge in [0.2, 0.25) is 15.7 Å². The van der Waals surface area contributed by atoms with E-state index < -0.39 is 36.9 Å². The summed E-state index contributed by atoms with van der Waals surface area (Å²) < 4.78 is 30.0. The minimum atomic E-state index is -3.91. The third kappa shape index (κ3) is 4.02. The monoisotopic (exact) mass is 319 g/mol. The van der Waals surface area contributed by atoms with E-state index >= 15 is 0 Å². The molecule has 116 valence electrons. The molecule has 0 aliphatic rings. The molecule has 0 aliphatic carbocycles. The Kier molecular flexibility index (Phi) is 5.02. The van der Waals surface area contributed by atoms with Crippen LogP contribution in [0.1, 0.15) is 13.8 Å². The van der Waals surface area contributed by atoms with E-state index in [1.165, 1.54) is 6.92 Å². The molecule has 1 rings (SSSR count). The maximum absolute atomic E-state index is 11.5. The minimum Gasteiger partial charge on any atom is -0.493 e. The molecule has 0 aromatic heterocycles. The van der Waals surface area contributed by atoms with Crippen LogP contribution in [0.5, 0.6) is 5.75 Å². The molecule has 0 unspecified atom stereocenters. The highest BCUT2D eigenvalue weighted by atomic mass is 32.2. The van der Waals surface area contributed by atoms with Crippen molar-refractivity contribution in [3.05, 3.63) is 32.4 Å². The Morgan fingerprint density at radius 2 is 1.62 bits per heavy atom. The van der Waals surface area contributed by atoms with E-state index in [-0.39, 0.29) is 18.1 Å². The predicted octanol–water partition coefficient (Wildman–Crippen LogP) is 1.66. The molecule has 0 saturated heterocycles. The predicted molar refractivity (Wildman–Crippen MR) is 74.0 cm³/mol. The van der Waals surface area contributed by atoms with Gasteiger partial charge in [0, 0.05) is 0 Å². The molecule has 1 N–H and O–H groups in total. The highest BCUT2D eigenvalue weighted by Gasteiger charge is 2.30. The number of nitro benzene ring substituents is 2. The number of rotatable bonds is 7. The van der Waals surface area contributed by atoms with Gasteiger partial charge in [-0.3, -0.25) is 25.0 Å². The Bertz CT molecular complexity index is 636. The second-order valence-electron chi connectivity index (χ2n) is 3.79. The molecule has 0 atom stereocenters. The summed E-state index contributed by atoms with van der Waals surface area (Å²) in [4.78, 5) is 20.2. The van der Waals surface area contributed by atoms with Gasteiger partial charge < -0.3 is 4.74 Å². The van der Waals surface area contributed by atoms with Crippen LogP contribution < -0.4 is 9.46 Å². The molecule has 11 heteroatoms. The molecule has 10 nitrogen and oxygen atoms in total. The molecule has 0 radical (unpaired) electrons. The summed E-state index contributed by atoms with van der Waals surface area (Å²) in [7, 11) is -3.91. The van der Waals surface area contributed by atoms with Gasteiger partial charge in [-0.05, 0) is 13.8 Å². The number of benzene rings is 1. The zero-order valence-corrected chi connectivity index (χ0v) is 12.0. The topological polar surface area (TPSA) is 142 Å². The summed E-state index contributed by atoms with van der Waals surface area (Å²) in [6.07, 6.45) is 0. The first-order valence-electron chi connectivity index (χ1n) is 5.82. The van der Waals surface area contributed by atoms with Crippen molar-refractivity contribution >= 4 is 27.1 Å². The molecule has 1 aromatic carbocycles. The lowest BCUT2D eigenvalue weighted by molar-refractivity contribution is -0.392. The third-order valence-corrected chi connectivity index (χ3v) is 3.69. The molecule has 0 spiro atoms. The Morgan fingerprint density at radius 3 is 1.95 bits per heavy atom. The zero-order valence-electron chi connectivity index (χ0n) is 11.2. The fourth-order valence-corrected chi connectivity index (χ4v) is 2.12. The summed E-state index contributed by atoms with van der Waals surface area (Å²) in [5, 5.41) is 22.0. The average Bonchev–Trinajstić information content (AvgIpc) is 2.39. The largest absolute Gasteiger partial charge is 0.493 e. The standard InChI is InChI=1S/C10H13N3O7S/c1-3-20-7-5-8(12(14)15)10(9(6-7)13(16)17)11-21(18,19)4-2/h5-6,11H,3-4H2,1-2H3. The Balaban J connectivity index is 3.57. The van der Waals surface area contributed by atoms with E-state index in [1.807, 2.05) is 4.72 Å². The first-order valence-corrected chi connectivity index (χ1v) is 7.47. The number of hydrogen-bond donors (Lipinski definition) is 1. The van der Waals surface area contributed by atoms with Gasteiger partial charge in [-0.15, -0.1) is 0 Å². The fraction of sp³-hybridized carbons (Fsp3) is 0.400. The van der Waals surface area contributed by atoms with E-state index in [1.54, 1.807) is 6.92 Å².